The summed E-state index contributed by atoms with van der Waals surface area (Å²) in [5, 5.41) is 3.22. The van der Waals surface area contributed by atoms with Gasteiger partial charge in [-0.1, -0.05) is 18.2 Å². The Morgan fingerprint density at radius 2 is 1.55 bits per heavy atom. The van der Waals surface area contributed by atoms with Crippen molar-refractivity contribution in [2.45, 2.75) is 18.3 Å². The summed E-state index contributed by atoms with van der Waals surface area (Å²) in [5.74, 6) is -0.638. The fraction of sp³-hybridized carbons (Fsp3) is 0.207. The Balaban J connectivity index is 1.64. The lowest BCUT2D eigenvalue weighted by Gasteiger charge is -2.20. The van der Waals surface area contributed by atoms with Gasteiger partial charge >= 0.3 is 12.4 Å². The summed E-state index contributed by atoms with van der Waals surface area (Å²) in [6.07, 6.45) is -5.34. The van der Waals surface area contributed by atoms with Gasteiger partial charge in [0.2, 0.25) is 0 Å². The van der Waals surface area contributed by atoms with Crippen LogP contribution in [0.2, 0.25) is 0 Å². The number of halogens is 6. The molecule has 40 heavy (non-hydrogen) atoms. The summed E-state index contributed by atoms with van der Waals surface area (Å²) in [7, 11) is 0. The van der Waals surface area contributed by atoms with E-state index in [1.165, 1.54) is 30.5 Å². The second-order valence-electron chi connectivity index (χ2n) is 9.55. The monoisotopic (exact) mass is 556 g/mol. The van der Waals surface area contributed by atoms with Gasteiger partial charge in [-0.25, -0.2) is 4.98 Å². The Morgan fingerprint density at radius 1 is 0.825 bits per heavy atom. The molecule has 4 aromatic rings. The molecule has 1 aliphatic heterocycles. The Kier molecular flexibility index (Phi) is 7.09. The number of pyridine rings is 2. The van der Waals surface area contributed by atoms with E-state index in [1.807, 2.05) is 6.07 Å². The lowest BCUT2D eigenvalue weighted by Crippen LogP contribution is -2.22. The van der Waals surface area contributed by atoms with Gasteiger partial charge in [0, 0.05) is 54.6 Å². The summed E-state index contributed by atoms with van der Waals surface area (Å²) < 4.78 is 81.6. The van der Waals surface area contributed by atoms with Crippen LogP contribution in [0.5, 0.6) is 0 Å². The Morgan fingerprint density at radius 3 is 2.15 bits per heavy atom. The van der Waals surface area contributed by atoms with Gasteiger partial charge in [-0.15, -0.1) is 0 Å². The first-order valence-electron chi connectivity index (χ1n) is 12.2. The number of Topliss-reactive ketones (excluding diaryl/α,β-unsaturated/α-hetero) is 1. The number of anilines is 1. The van der Waals surface area contributed by atoms with E-state index >= 15 is 0 Å². The number of hydrogen-bond acceptors (Lipinski definition) is 5. The molecule has 2 atom stereocenters. The van der Waals surface area contributed by atoms with E-state index in [0.717, 1.165) is 5.56 Å². The molecule has 2 aromatic carbocycles. The number of rotatable bonds is 5. The number of carbonyl (C=O) groups excluding carboxylic acids is 1. The van der Waals surface area contributed by atoms with E-state index in [1.54, 1.807) is 24.5 Å². The van der Waals surface area contributed by atoms with Crippen LogP contribution in [0.4, 0.5) is 32.2 Å². The van der Waals surface area contributed by atoms with Crippen LogP contribution in [0.3, 0.4) is 0 Å². The second kappa shape index (κ2) is 10.4. The summed E-state index contributed by atoms with van der Waals surface area (Å²) in [4.78, 5) is 21.9. The molecule has 2 aromatic heterocycles. The highest BCUT2D eigenvalue weighted by Crippen LogP contribution is 2.42. The molecule has 0 spiro atoms. The smallest absolute Gasteiger partial charge is 0.384 e. The van der Waals surface area contributed by atoms with Crippen molar-refractivity contribution in [2.75, 3.05) is 18.8 Å². The SMILES string of the molecule is Nc1ccc(-c2cc(C(=O)C3CNCC3c3cccnc3)ccc2-c2cc(C(F)(F)F)cc(C(F)(F)F)c2)cn1. The van der Waals surface area contributed by atoms with E-state index in [2.05, 4.69) is 15.3 Å². The lowest BCUT2D eigenvalue weighted by atomic mass is 9.83. The third-order valence-electron chi connectivity index (χ3n) is 6.96. The van der Waals surface area contributed by atoms with Crippen LogP contribution in [0.25, 0.3) is 22.3 Å². The van der Waals surface area contributed by atoms with Crippen molar-refractivity contribution in [3.05, 3.63) is 102 Å². The predicted molar refractivity (Wildman–Crippen MR) is 137 cm³/mol. The minimum atomic E-state index is -5.01. The van der Waals surface area contributed by atoms with Crippen LogP contribution in [-0.2, 0) is 12.4 Å². The van der Waals surface area contributed by atoms with Crippen LogP contribution in [0.15, 0.2) is 79.3 Å². The molecule has 1 fully saturated rings. The van der Waals surface area contributed by atoms with Crippen molar-refractivity contribution in [3.63, 3.8) is 0 Å². The van der Waals surface area contributed by atoms with Crippen molar-refractivity contribution < 1.29 is 31.1 Å². The van der Waals surface area contributed by atoms with Crippen LogP contribution in [-0.4, -0.2) is 28.8 Å². The summed E-state index contributed by atoms with van der Waals surface area (Å²) >= 11 is 0. The molecule has 3 N–H and O–H groups in total. The van der Waals surface area contributed by atoms with Gasteiger partial charge in [-0.3, -0.25) is 9.78 Å². The van der Waals surface area contributed by atoms with Gasteiger partial charge in [-0.05, 0) is 64.7 Å². The maximum Gasteiger partial charge on any atom is 0.416 e. The van der Waals surface area contributed by atoms with Crippen LogP contribution < -0.4 is 11.1 Å². The highest BCUT2D eigenvalue weighted by Gasteiger charge is 2.38. The molecular formula is C29H22F6N4O. The standard InChI is InChI=1S/C29H22F6N4O/c30-28(31,32)20-8-19(9-21(11-20)29(33,34)35)22-5-3-16(10-23(22)18-4-6-26(36)39-13-18)27(40)25-15-38-14-24(25)17-2-1-7-37-12-17/h1-13,24-25,38H,14-15H2,(H2,36,39). The quantitative estimate of drug-likeness (QED) is 0.214. The van der Waals surface area contributed by atoms with Gasteiger partial charge in [0.15, 0.2) is 5.78 Å². The van der Waals surface area contributed by atoms with Gasteiger partial charge in [0.1, 0.15) is 5.82 Å². The van der Waals surface area contributed by atoms with Crippen LogP contribution in [0.1, 0.15) is 33.0 Å². The fourth-order valence-electron chi connectivity index (χ4n) is 4.98. The van der Waals surface area contributed by atoms with Gasteiger partial charge in [-0.2, -0.15) is 26.3 Å². The van der Waals surface area contributed by atoms with Gasteiger partial charge in [0.25, 0.3) is 0 Å². The zero-order valence-electron chi connectivity index (χ0n) is 20.7. The largest absolute Gasteiger partial charge is 0.416 e. The molecule has 5 nitrogen and oxygen atoms in total. The molecule has 0 amide bonds. The summed E-state index contributed by atoms with van der Waals surface area (Å²) in [6, 6.07) is 12.4. The Hall–Kier alpha value is -4.25. The second-order valence-corrected chi connectivity index (χ2v) is 9.55. The number of alkyl halides is 6. The first kappa shape index (κ1) is 27.3. The van der Waals surface area contributed by atoms with E-state index in [0.29, 0.717) is 30.8 Å². The van der Waals surface area contributed by atoms with E-state index in [-0.39, 0.29) is 45.8 Å². The number of carbonyl (C=O) groups is 1. The minimum absolute atomic E-state index is 0.0769. The number of nitrogens with two attached hydrogens (primary N) is 1. The zero-order valence-corrected chi connectivity index (χ0v) is 20.7. The molecule has 0 radical (unpaired) electrons. The first-order valence-corrected chi connectivity index (χ1v) is 12.2. The summed E-state index contributed by atoms with van der Waals surface area (Å²) in [5.41, 5.74) is 4.37. The predicted octanol–water partition coefficient (Wildman–Crippen LogP) is 6.62. The maximum absolute atomic E-state index is 13.7. The topological polar surface area (TPSA) is 80.9 Å². The van der Waals surface area contributed by atoms with Crippen LogP contribution >= 0.6 is 0 Å². The van der Waals surface area contributed by atoms with Crippen molar-refractivity contribution in [1.29, 1.82) is 0 Å². The molecule has 1 aliphatic rings. The highest BCUT2D eigenvalue weighted by atomic mass is 19.4. The number of nitrogens with one attached hydrogen (secondary N) is 1. The average Bonchev–Trinajstić information content (AvgIpc) is 3.42. The fourth-order valence-corrected chi connectivity index (χ4v) is 4.98. The van der Waals surface area contributed by atoms with E-state index < -0.39 is 29.4 Å². The van der Waals surface area contributed by atoms with Crippen molar-refractivity contribution in [3.8, 4) is 22.3 Å². The van der Waals surface area contributed by atoms with Crippen molar-refractivity contribution >= 4 is 11.6 Å². The number of nitrogen functional groups attached to an aromatic ring is 1. The average molecular weight is 557 g/mol. The molecule has 0 saturated carbocycles. The first-order chi connectivity index (χ1) is 18.9. The number of hydrogen-bond donors (Lipinski definition) is 2. The number of nitrogens with zero attached hydrogens (tertiary/aromatic N) is 2. The number of aromatic nitrogens is 2. The van der Waals surface area contributed by atoms with E-state index in [4.69, 9.17) is 5.73 Å². The Labute approximate surface area is 225 Å². The molecule has 1 saturated heterocycles. The van der Waals surface area contributed by atoms with Crippen molar-refractivity contribution in [1.82, 2.24) is 15.3 Å². The highest BCUT2D eigenvalue weighted by molar-refractivity contribution is 6.01. The zero-order chi connectivity index (χ0) is 28.7. The lowest BCUT2D eigenvalue weighted by molar-refractivity contribution is -0.143. The van der Waals surface area contributed by atoms with Crippen molar-refractivity contribution in [2.24, 2.45) is 5.92 Å². The van der Waals surface area contributed by atoms with E-state index in [9.17, 15) is 31.1 Å². The normalized spacial score (nSPS) is 17.6. The minimum Gasteiger partial charge on any atom is -0.384 e. The molecule has 2 unspecified atom stereocenters. The molecular weight excluding hydrogens is 534 g/mol. The molecule has 5 rings (SSSR count). The molecule has 3 heterocycles. The molecule has 0 aliphatic carbocycles. The number of ketones is 1. The number of benzene rings is 2. The third kappa shape index (κ3) is 5.55. The third-order valence-corrected chi connectivity index (χ3v) is 6.96. The van der Waals surface area contributed by atoms with Gasteiger partial charge in [0.05, 0.1) is 11.1 Å². The molecule has 0 bridgehead atoms. The van der Waals surface area contributed by atoms with Crippen LogP contribution in [0, 0.1) is 5.92 Å². The Bertz CT molecular complexity index is 1500. The molecule has 206 valence electrons. The molecule has 11 heteroatoms. The summed E-state index contributed by atoms with van der Waals surface area (Å²) in [6.45, 7) is 0.959. The van der Waals surface area contributed by atoms with Gasteiger partial charge < -0.3 is 11.1 Å². The maximum atomic E-state index is 13.7.